The first-order valence-corrected chi connectivity index (χ1v) is 10.2. The molecule has 0 unspecified atom stereocenters. The lowest BCUT2D eigenvalue weighted by Crippen LogP contribution is -2.34. The molecule has 0 aliphatic rings. The second kappa shape index (κ2) is 24.9. The Bertz CT molecular complexity index is 572. The molecular weight excluding hydrogens is 458 g/mol. The molecule has 0 aliphatic heterocycles. The lowest BCUT2D eigenvalue weighted by molar-refractivity contribution is -0.147. The third-order valence-electron chi connectivity index (χ3n) is 3.42. The van der Waals surface area contributed by atoms with E-state index in [2.05, 4.69) is 4.74 Å². The summed E-state index contributed by atoms with van der Waals surface area (Å²) in [6, 6.07) is -2.16. The fourth-order valence-corrected chi connectivity index (χ4v) is 1.18. The fourth-order valence-electron chi connectivity index (χ4n) is 1.18. The first-order chi connectivity index (χ1) is 15.6. The molecule has 0 spiro atoms. The van der Waals surface area contributed by atoms with Crippen molar-refractivity contribution in [3.63, 3.8) is 0 Å². The van der Waals surface area contributed by atoms with E-state index in [1.807, 2.05) is 0 Å². The van der Waals surface area contributed by atoms with Crippen molar-refractivity contribution in [3.8, 4) is 0 Å². The maximum atomic E-state index is 10.3. The Hall–Kier alpha value is -2.69. The second-order valence-corrected chi connectivity index (χ2v) is 7.03. The smallest absolute Gasteiger partial charge is 0.320 e. The topological polar surface area (TPSA) is 306 Å². The minimum atomic E-state index is -0.963. The molecule has 0 saturated heterocycles. The molecule has 0 amide bonds. The van der Waals surface area contributed by atoms with Crippen LogP contribution in [0.25, 0.3) is 0 Å². The van der Waals surface area contributed by atoms with Gasteiger partial charge in [-0.05, 0) is 32.2 Å². The van der Waals surface area contributed by atoms with Crippen LogP contribution >= 0.6 is 0 Å². The molecule has 3 atom stereocenters. The molecule has 15 nitrogen and oxygen atoms in total. The number of hydrogen-bond acceptors (Lipinski definition) is 12. The largest absolute Gasteiger partial charge is 0.480 e. The van der Waals surface area contributed by atoms with Crippen LogP contribution in [0.15, 0.2) is 0 Å². The van der Waals surface area contributed by atoms with Crippen molar-refractivity contribution in [1.82, 2.24) is 0 Å². The summed E-state index contributed by atoms with van der Waals surface area (Å²) in [6.07, 6.45) is 2.16. The summed E-state index contributed by atoms with van der Waals surface area (Å²) in [5.41, 5.74) is 25.3. The maximum Gasteiger partial charge on any atom is 0.320 e. The molecule has 0 fully saturated rings. The zero-order valence-electron chi connectivity index (χ0n) is 19.9. The number of carbonyl (C=O) groups excluding carboxylic acids is 2. The van der Waals surface area contributed by atoms with Gasteiger partial charge in [0, 0.05) is 0 Å². The van der Waals surface area contributed by atoms with E-state index < -0.39 is 61.0 Å². The highest BCUT2D eigenvalue weighted by molar-refractivity contribution is 5.83. The number of hydrogen-bond donors (Lipinski definition) is 9. The van der Waals surface area contributed by atoms with Crippen LogP contribution in [0, 0.1) is 5.92 Å². The second-order valence-electron chi connectivity index (χ2n) is 7.03. The summed E-state index contributed by atoms with van der Waals surface area (Å²) in [7, 11) is 0. The van der Waals surface area contributed by atoms with Gasteiger partial charge < -0.3 is 53.8 Å². The number of Topliss-reactive ketones (excluding diaryl/α,β-unsaturated/α-hetero) is 1. The van der Waals surface area contributed by atoms with Crippen molar-refractivity contribution >= 4 is 29.7 Å². The summed E-state index contributed by atoms with van der Waals surface area (Å²) in [6.45, 7) is 4.31. The molecule has 0 bridgehead atoms. The van der Waals surface area contributed by atoms with E-state index in [-0.39, 0.29) is 12.5 Å². The Labute approximate surface area is 198 Å². The first kappa shape index (κ1) is 38.6. The van der Waals surface area contributed by atoms with E-state index in [4.69, 9.17) is 49.1 Å². The van der Waals surface area contributed by atoms with Crippen LogP contribution in [-0.4, -0.2) is 94.5 Å². The summed E-state index contributed by atoms with van der Waals surface area (Å²) in [5.74, 6) is -4.00. The third-order valence-corrected chi connectivity index (χ3v) is 3.42. The summed E-state index contributed by atoms with van der Waals surface area (Å²) < 4.78 is 4.27. The molecule has 0 aromatic carbocycles. The van der Waals surface area contributed by atoms with Crippen LogP contribution in [-0.2, 0) is 28.7 Å². The Morgan fingerprint density at radius 3 is 1.53 bits per heavy atom. The maximum absolute atomic E-state index is 10.3. The summed E-state index contributed by atoms with van der Waals surface area (Å²) in [4.78, 5) is 50.2. The van der Waals surface area contributed by atoms with Crippen LogP contribution in [0.2, 0.25) is 0 Å². The van der Waals surface area contributed by atoms with Gasteiger partial charge in [-0.3, -0.25) is 24.0 Å². The average Bonchev–Trinajstić information content (AvgIpc) is 2.77. The zero-order valence-corrected chi connectivity index (χ0v) is 19.9. The molecule has 0 saturated carbocycles. The van der Waals surface area contributed by atoms with Crippen molar-refractivity contribution in [1.29, 1.82) is 0 Å². The lowest BCUT2D eigenvalue weighted by atomic mass is 10.1. The number of carboxylic acid groups (broad SMARTS) is 3. The number of esters is 1. The molecule has 34 heavy (non-hydrogen) atoms. The average molecular weight is 500 g/mol. The normalized spacial score (nSPS) is 12.2. The number of ketones is 1. The predicted octanol–water partition coefficient (Wildman–Crippen LogP) is -2.95. The van der Waals surface area contributed by atoms with Crippen molar-refractivity contribution in [3.05, 3.63) is 0 Å². The van der Waals surface area contributed by atoms with Gasteiger partial charge in [-0.2, -0.15) is 0 Å². The molecule has 0 aromatic heterocycles. The SMILES string of the molecule is CC(C)[C@H](N)C(=O)O.C[C@H](N)C(=O)O.NCC(=O)OCC(=O)CO.NCCCC[C@H](N)C(=O)O. The van der Waals surface area contributed by atoms with Crippen LogP contribution < -0.4 is 28.7 Å². The van der Waals surface area contributed by atoms with Gasteiger partial charge in [0.05, 0.1) is 6.54 Å². The number of aliphatic hydroxyl groups excluding tert-OH is 1. The highest BCUT2D eigenvalue weighted by atomic mass is 16.5. The molecule has 0 aromatic rings. The highest BCUT2D eigenvalue weighted by Crippen LogP contribution is 1.97. The van der Waals surface area contributed by atoms with Gasteiger partial charge >= 0.3 is 23.9 Å². The van der Waals surface area contributed by atoms with E-state index in [1.165, 1.54) is 6.92 Å². The van der Waals surface area contributed by atoms with Gasteiger partial charge in [-0.25, -0.2) is 0 Å². The molecule has 202 valence electrons. The van der Waals surface area contributed by atoms with Crippen molar-refractivity contribution in [2.24, 2.45) is 34.6 Å². The number of aliphatic hydroxyl groups is 1. The van der Waals surface area contributed by atoms with Gasteiger partial charge in [-0.15, -0.1) is 0 Å². The van der Waals surface area contributed by atoms with Crippen LogP contribution in [0.5, 0.6) is 0 Å². The van der Waals surface area contributed by atoms with E-state index in [0.717, 1.165) is 12.8 Å². The van der Waals surface area contributed by atoms with Gasteiger partial charge in [0.1, 0.15) is 24.7 Å². The molecule has 0 radical (unpaired) electrons. The number of aliphatic carboxylic acids is 3. The number of nitrogens with two attached hydrogens (primary N) is 5. The van der Waals surface area contributed by atoms with Crippen LogP contribution in [0.3, 0.4) is 0 Å². The standard InChI is InChI=1S/C6H14N2O2.C5H9NO4.C5H11NO2.C3H7NO2/c7-4-2-1-3-5(8)6(9)10;6-1-5(9)10-3-4(8)2-7;1-3(2)4(6)5(7)8;1-2(4)3(5)6/h5H,1-4,7-8H2,(H,9,10);7H,1-3,6H2;3-4H,6H2,1-2H3,(H,7,8);2H,4H2,1H3,(H,5,6)/t5-;;4-;2-/m0.00/s1. The van der Waals surface area contributed by atoms with Gasteiger partial charge in [0.15, 0.2) is 12.4 Å². The quantitative estimate of drug-likeness (QED) is 0.0956. The molecule has 14 N–H and O–H groups in total. The predicted molar refractivity (Wildman–Crippen MR) is 122 cm³/mol. The van der Waals surface area contributed by atoms with Crippen LogP contribution in [0.4, 0.5) is 0 Å². The van der Waals surface area contributed by atoms with Gasteiger partial charge in [-0.1, -0.05) is 20.3 Å². The van der Waals surface area contributed by atoms with E-state index in [0.29, 0.717) is 13.0 Å². The van der Waals surface area contributed by atoms with E-state index in [1.54, 1.807) is 13.8 Å². The monoisotopic (exact) mass is 499 g/mol. The number of carbonyl (C=O) groups is 5. The zero-order chi connectivity index (χ0) is 27.9. The van der Waals surface area contributed by atoms with Crippen molar-refractivity contribution in [2.45, 2.75) is 58.2 Å². The van der Waals surface area contributed by atoms with Crippen LogP contribution in [0.1, 0.15) is 40.0 Å². The fraction of sp³-hybridized carbons (Fsp3) is 0.737. The van der Waals surface area contributed by atoms with Crippen molar-refractivity contribution < 1.29 is 49.1 Å². The Morgan fingerprint density at radius 1 is 0.824 bits per heavy atom. The molecule has 0 heterocycles. The number of ether oxygens (including phenoxy) is 1. The molecular formula is C19H41N5O10. The Balaban J connectivity index is -0.000000180. The number of carboxylic acids is 3. The van der Waals surface area contributed by atoms with Gasteiger partial charge in [0.25, 0.3) is 0 Å². The number of rotatable bonds is 12. The Morgan fingerprint density at radius 2 is 1.29 bits per heavy atom. The van der Waals surface area contributed by atoms with Gasteiger partial charge in [0.2, 0.25) is 0 Å². The number of unbranched alkanes of at least 4 members (excludes halogenated alkanes) is 1. The van der Waals surface area contributed by atoms with E-state index >= 15 is 0 Å². The molecule has 0 aliphatic carbocycles. The molecule has 15 heteroatoms. The van der Waals surface area contributed by atoms with E-state index in [9.17, 15) is 24.0 Å². The third kappa shape index (κ3) is 31.5. The summed E-state index contributed by atoms with van der Waals surface area (Å²) >= 11 is 0. The summed E-state index contributed by atoms with van der Waals surface area (Å²) in [5, 5.41) is 32.6. The highest BCUT2D eigenvalue weighted by Gasteiger charge is 2.14. The van der Waals surface area contributed by atoms with Crippen molar-refractivity contribution in [2.75, 3.05) is 26.3 Å². The minimum Gasteiger partial charge on any atom is -0.480 e. The Kier molecular flexibility index (Phi) is 28.3. The minimum absolute atomic E-state index is 0.0208. The lowest BCUT2D eigenvalue weighted by Gasteiger charge is -2.07. The first-order valence-electron chi connectivity index (χ1n) is 10.2. The molecule has 0 rings (SSSR count).